The standard InChI is InChI=1S/C20H23FN4O3S/c21-13-5-7-14(8-6-13)23-20-24-16(12-29-20)19(27)25-9-1-4-17(25)18(26)22-11-15-3-2-10-28-15/h5-8,12,15,17H,1-4,9-11H2,(H,22,26)(H,23,24). The fourth-order valence-electron chi connectivity index (χ4n) is 3.65. The van der Waals surface area contributed by atoms with E-state index >= 15 is 0 Å². The van der Waals surface area contributed by atoms with E-state index in [-0.39, 0.29) is 23.7 Å². The molecule has 2 fully saturated rings. The van der Waals surface area contributed by atoms with Crippen molar-refractivity contribution in [3.63, 3.8) is 0 Å². The van der Waals surface area contributed by atoms with E-state index in [0.717, 1.165) is 25.9 Å². The topological polar surface area (TPSA) is 83.6 Å². The van der Waals surface area contributed by atoms with Gasteiger partial charge in [-0.3, -0.25) is 9.59 Å². The van der Waals surface area contributed by atoms with Gasteiger partial charge in [0.05, 0.1) is 6.10 Å². The first-order valence-electron chi connectivity index (χ1n) is 9.78. The maximum absolute atomic E-state index is 13.0. The average molecular weight is 418 g/mol. The van der Waals surface area contributed by atoms with Crippen LogP contribution in [0.1, 0.15) is 36.2 Å². The number of hydrogen-bond donors (Lipinski definition) is 2. The lowest BCUT2D eigenvalue weighted by Gasteiger charge is -2.23. The van der Waals surface area contributed by atoms with Gasteiger partial charge in [-0.2, -0.15) is 0 Å². The normalized spacial score (nSPS) is 21.3. The average Bonchev–Trinajstić information content (AvgIpc) is 3.48. The SMILES string of the molecule is O=C(NCC1CCCO1)C1CCCN1C(=O)c1csc(Nc2ccc(F)cc2)n1. The van der Waals surface area contributed by atoms with Crippen LogP contribution in [0.25, 0.3) is 0 Å². The van der Waals surface area contributed by atoms with E-state index in [4.69, 9.17) is 4.74 Å². The first-order valence-corrected chi connectivity index (χ1v) is 10.7. The number of carbonyl (C=O) groups excluding carboxylic acids is 2. The molecule has 0 saturated carbocycles. The third kappa shape index (κ3) is 4.73. The van der Waals surface area contributed by atoms with Crippen LogP contribution in [0.5, 0.6) is 0 Å². The number of rotatable bonds is 6. The summed E-state index contributed by atoms with van der Waals surface area (Å²) < 4.78 is 18.6. The fourth-order valence-corrected chi connectivity index (χ4v) is 4.36. The second-order valence-electron chi connectivity index (χ2n) is 7.21. The van der Waals surface area contributed by atoms with Crippen molar-refractivity contribution < 1.29 is 18.7 Å². The number of ether oxygens (including phenoxy) is 1. The molecule has 3 heterocycles. The Labute approximate surface area is 172 Å². The first-order chi connectivity index (χ1) is 14.1. The molecule has 2 atom stereocenters. The monoisotopic (exact) mass is 418 g/mol. The van der Waals surface area contributed by atoms with Gasteiger partial charge < -0.3 is 20.3 Å². The molecule has 2 amide bonds. The van der Waals surface area contributed by atoms with Crippen molar-refractivity contribution in [1.29, 1.82) is 0 Å². The van der Waals surface area contributed by atoms with Crippen molar-refractivity contribution >= 4 is 34.0 Å². The summed E-state index contributed by atoms with van der Waals surface area (Å²) in [7, 11) is 0. The first kappa shape index (κ1) is 19.8. The zero-order chi connectivity index (χ0) is 20.2. The number of likely N-dealkylation sites (tertiary alicyclic amines) is 1. The van der Waals surface area contributed by atoms with E-state index < -0.39 is 6.04 Å². The number of halogens is 1. The Morgan fingerprint density at radius 2 is 2.07 bits per heavy atom. The number of anilines is 2. The van der Waals surface area contributed by atoms with Gasteiger partial charge in [-0.25, -0.2) is 9.37 Å². The van der Waals surface area contributed by atoms with E-state index in [9.17, 15) is 14.0 Å². The molecule has 29 heavy (non-hydrogen) atoms. The van der Waals surface area contributed by atoms with Crippen molar-refractivity contribution in [1.82, 2.24) is 15.2 Å². The molecule has 4 rings (SSSR count). The van der Waals surface area contributed by atoms with E-state index in [2.05, 4.69) is 15.6 Å². The summed E-state index contributed by atoms with van der Waals surface area (Å²) in [5.41, 5.74) is 0.991. The second kappa shape index (κ2) is 8.87. The third-order valence-corrected chi connectivity index (χ3v) is 5.92. The van der Waals surface area contributed by atoms with Crippen molar-refractivity contribution in [2.75, 3.05) is 25.0 Å². The Balaban J connectivity index is 1.37. The zero-order valence-electron chi connectivity index (χ0n) is 15.9. The Bertz CT molecular complexity index is 867. The van der Waals surface area contributed by atoms with Crippen molar-refractivity contribution in [3.05, 3.63) is 41.2 Å². The van der Waals surface area contributed by atoms with Crippen LogP contribution in [-0.2, 0) is 9.53 Å². The maximum atomic E-state index is 13.0. The number of thiazole rings is 1. The number of nitrogens with zero attached hydrogens (tertiary/aromatic N) is 2. The van der Waals surface area contributed by atoms with E-state index in [1.165, 1.54) is 23.5 Å². The molecule has 0 radical (unpaired) electrons. The predicted octanol–water partition coefficient (Wildman–Crippen LogP) is 2.93. The van der Waals surface area contributed by atoms with Crippen LogP contribution in [0.3, 0.4) is 0 Å². The van der Waals surface area contributed by atoms with Crippen molar-refractivity contribution in [2.45, 2.75) is 37.8 Å². The molecule has 2 unspecified atom stereocenters. The van der Waals surface area contributed by atoms with Crippen molar-refractivity contribution in [3.8, 4) is 0 Å². The van der Waals surface area contributed by atoms with Crippen LogP contribution in [0.4, 0.5) is 15.2 Å². The molecular formula is C20H23FN4O3S. The molecule has 0 bridgehead atoms. The number of amides is 2. The van der Waals surface area contributed by atoms with Gasteiger partial charge >= 0.3 is 0 Å². The van der Waals surface area contributed by atoms with Gasteiger partial charge in [0.1, 0.15) is 17.6 Å². The molecule has 2 N–H and O–H groups in total. The highest BCUT2D eigenvalue weighted by molar-refractivity contribution is 7.14. The summed E-state index contributed by atoms with van der Waals surface area (Å²) in [4.78, 5) is 31.5. The van der Waals surface area contributed by atoms with E-state index in [1.807, 2.05) is 0 Å². The molecule has 2 saturated heterocycles. The summed E-state index contributed by atoms with van der Waals surface area (Å²) in [6.07, 6.45) is 3.48. The molecular weight excluding hydrogens is 395 g/mol. The van der Waals surface area contributed by atoms with Crippen LogP contribution in [0.15, 0.2) is 29.6 Å². The number of benzene rings is 1. The van der Waals surface area contributed by atoms with Gasteiger partial charge in [0.2, 0.25) is 5.91 Å². The lowest BCUT2D eigenvalue weighted by atomic mass is 10.2. The number of nitrogens with one attached hydrogen (secondary N) is 2. The fraction of sp³-hybridized carbons (Fsp3) is 0.450. The smallest absolute Gasteiger partial charge is 0.274 e. The molecule has 9 heteroatoms. The third-order valence-electron chi connectivity index (χ3n) is 5.16. The summed E-state index contributed by atoms with van der Waals surface area (Å²) >= 11 is 1.29. The highest BCUT2D eigenvalue weighted by Gasteiger charge is 2.35. The Morgan fingerprint density at radius 3 is 2.83 bits per heavy atom. The molecule has 2 aliphatic heterocycles. The summed E-state index contributed by atoms with van der Waals surface area (Å²) in [6.45, 7) is 1.77. The summed E-state index contributed by atoms with van der Waals surface area (Å²) in [5, 5.41) is 8.20. The number of carbonyl (C=O) groups is 2. The summed E-state index contributed by atoms with van der Waals surface area (Å²) in [5.74, 6) is -0.696. The van der Waals surface area contributed by atoms with Crippen LogP contribution in [0.2, 0.25) is 0 Å². The second-order valence-corrected chi connectivity index (χ2v) is 8.06. The minimum absolute atomic E-state index is 0.0724. The molecule has 2 aliphatic rings. The predicted molar refractivity (Wildman–Crippen MR) is 108 cm³/mol. The Hall–Kier alpha value is -2.52. The lowest BCUT2D eigenvalue weighted by Crippen LogP contribution is -2.47. The van der Waals surface area contributed by atoms with Gasteiger partial charge in [-0.05, 0) is 49.9 Å². The maximum Gasteiger partial charge on any atom is 0.274 e. The quantitative estimate of drug-likeness (QED) is 0.754. The van der Waals surface area contributed by atoms with Crippen LogP contribution in [0, 0.1) is 5.82 Å². The minimum atomic E-state index is -0.473. The number of aromatic nitrogens is 1. The van der Waals surface area contributed by atoms with E-state index in [0.29, 0.717) is 36.0 Å². The Morgan fingerprint density at radius 1 is 1.24 bits per heavy atom. The molecule has 1 aromatic heterocycles. The van der Waals surface area contributed by atoms with Gasteiger partial charge in [0.25, 0.3) is 5.91 Å². The Kier molecular flexibility index (Phi) is 6.05. The number of hydrogen-bond acceptors (Lipinski definition) is 6. The molecule has 0 aliphatic carbocycles. The summed E-state index contributed by atoms with van der Waals surface area (Å²) in [6, 6.07) is 5.44. The minimum Gasteiger partial charge on any atom is -0.376 e. The zero-order valence-corrected chi connectivity index (χ0v) is 16.7. The largest absolute Gasteiger partial charge is 0.376 e. The van der Waals surface area contributed by atoms with Crippen molar-refractivity contribution in [2.24, 2.45) is 0 Å². The lowest BCUT2D eigenvalue weighted by molar-refractivity contribution is -0.125. The highest BCUT2D eigenvalue weighted by atomic mass is 32.1. The molecule has 0 spiro atoms. The van der Waals surface area contributed by atoms with Crippen LogP contribution >= 0.6 is 11.3 Å². The highest BCUT2D eigenvalue weighted by Crippen LogP contribution is 2.25. The molecule has 1 aromatic carbocycles. The molecule has 2 aromatic rings. The van der Waals surface area contributed by atoms with E-state index in [1.54, 1.807) is 22.4 Å². The van der Waals surface area contributed by atoms with Gasteiger partial charge in [0, 0.05) is 30.8 Å². The van der Waals surface area contributed by atoms with Gasteiger partial charge in [-0.1, -0.05) is 0 Å². The van der Waals surface area contributed by atoms with Gasteiger partial charge in [-0.15, -0.1) is 11.3 Å². The molecule has 154 valence electrons. The van der Waals surface area contributed by atoms with Crippen LogP contribution < -0.4 is 10.6 Å². The van der Waals surface area contributed by atoms with Gasteiger partial charge in [0.15, 0.2) is 5.13 Å². The molecule has 7 nitrogen and oxygen atoms in total. The van der Waals surface area contributed by atoms with Crippen LogP contribution in [-0.4, -0.2) is 53.5 Å².